The smallest absolute Gasteiger partial charge is 0.349 e. The number of anilines is 1. The molecule has 29 heavy (non-hydrogen) atoms. The van der Waals surface area contributed by atoms with Crippen LogP contribution in [0.5, 0.6) is 0 Å². The van der Waals surface area contributed by atoms with Crippen LogP contribution in [0, 0.1) is 13.8 Å². The van der Waals surface area contributed by atoms with Crippen molar-refractivity contribution in [1.82, 2.24) is 9.97 Å². The van der Waals surface area contributed by atoms with Crippen molar-refractivity contribution in [2.75, 3.05) is 11.9 Å². The summed E-state index contributed by atoms with van der Waals surface area (Å²) in [6.07, 6.45) is 3.21. The van der Waals surface area contributed by atoms with Gasteiger partial charge in [-0.2, -0.15) is 0 Å². The number of aryl methyl sites for hydroxylation is 2. The average molecular weight is 391 g/mol. The largest absolute Gasteiger partial charge is 0.424 e. The summed E-state index contributed by atoms with van der Waals surface area (Å²) in [6.45, 7) is 4.19. The van der Waals surface area contributed by atoms with Crippen LogP contribution < -0.4 is 10.9 Å². The molecule has 1 amide bonds. The van der Waals surface area contributed by atoms with Crippen LogP contribution in [0.4, 0.5) is 5.69 Å². The monoisotopic (exact) mass is 391 g/mol. The van der Waals surface area contributed by atoms with Crippen LogP contribution in [0.3, 0.4) is 0 Å². The second kappa shape index (κ2) is 7.97. The number of carbonyl (C=O) groups excluding carboxylic acids is 1. The number of benzene rings is 1. The van der Waals surface area contributed by atoms with E-state index in [2.05, 4.69) is 15.3 Å². The van der Waals surface area contributed by atoms with E-state index in [1.807, 2.05) is 19.1 Å². The third-order valence-electron chi connectivity index (χ3n) is 4.83. The van der Waals surface area contributed by atoms with Gasteiger partial charge in [0.1, 0.15) is 23.3 Å². The molecule has 3 heterocycles. The van der Waals surface area contributed by atoms with E-state index in [1.165, 1.54) is 0 Å². The van der Waals surface area contributed by atoms with Crippen molar-refractivity contribution in [1.29, 1.82) is 0 Å². The Kier molecular flexibility index (Phi) is 5.22. The maximum Gasteiger partial charge on any atom is 0.349 e. The van der Waals surface area contributed by atoms with E-state index in [0.717, 1.165) is 24.1 Å². The van der Waals surface area contributed by atoms with Crippen molar-refractivity contribution >= 4 is 11.6 Å². The fourth-order valence-electron chi connectivity index (χ4n) is 3.43. The molecule has 1 aliphatic heterocycles. The highest BCUT2D eigenvalue weighted by molar-refractivity contribution is 6.05. The van der Waals surface area contributed by atoms with Gasteiger partial charge in [0.15, 0.2) is 0 Å². The number of nitrogens with one attached hydrogen (secondary N) is 1. The van der Waals surface area contributed by atoms with Crippen LogP contribution in [-0.2, 0) is 4.74 Å². The molecule has 7 heteroatoms. The lowest BCUT2D eigenvalue weighted by Crippen LogP contribution is -2.23. The fraction of sp³-hybridized carbons (Fsp3) is 0.273. The van der Waals surface area contributed by atoms with Crippen molar-refractivity contribution in [2.45, 2.75) is 32.8 Å². The first-order valence-electron chi connectivity index (χ1n) is 9.49. The summed E-state index contributed by atoms with van der Waals surface area (Å²) < 4.78 is 10.9. The van der Waals surface area contributed by atoms with Gasteiger partial charge < -0.3 is 14.5 Å². The summed E-state index contributed by atoms with van der Waals surface area (Å²) in [4.78, 5) is 33.7. The summed E-state index contributed by atoms with van der Waals surface area (Å²) in [5.74, 6) is 0.630. The molecule has 0 radical (unpaired) electrons. The Morgan fingerprint density at radius 3 is 2.79 bits per heavy atom. The standard InChI is InChI=1S/C22H21N3O4/c1-13-11-19(18-7-4-10-28-18)29-22(27)20(13)21(26)25-16-6-3-5-15(12-16)17-8-9-23-14(2)24-17/h3,5-6,8-9,11-12,18H,4,7,10H2,1-2H3,(H,25,26). The van der Waals surface area contributed by atoms with E-state index in [4.69, 9.17) is 9.15 Å². The quantitative estimate of drug-likeness (QED) is 0.727. The van der Waals surface area contributed by atoms with E-state index >= 15 is 0 Å². The molecule has 2 aromatic heterocycles. The molecule has 1 N–H and O–H groups in total. The molecule has 1 aliphatic rings. The second-order valence-corrected chi connectivity index (χ2v) is 7.02. The van der Waals surface area contributed by atoms with Crippen molar-refractivity contribution in [3.05, 3.63) is 75.7 Å². The first-order chi connectivity index (χ1) is 14.0. The van der Waals surface area contributed by atoms with Gasteiger partial charge in [0, 0.05) is 24.1 Å². The number of hydrogen-bond acceptors (Lipinski definition) is 6. The summed E-state index contributed by atoms with van der Waals surface area (Å²) in [6, 6.07) is 10.8. The van der Waals surface area contributed by atoms with Crippen LogP contribution in [0.2, 0.25) is 0 Å². The maximum atomic E-state index is 12.8. The number of ether oxygens (including phenoxy) is 1. The Bertz CT molecular complexity index is 1120. The van der Waals surface area contributed by atoms with E-state index < -0.39 is 11.5 Å². The zero-order valence-corrected chi connectivity index (χ0v) is 16.3. The van der Waals surface area contributed by atoms with Crippen LogP contribution in [0.25, 0.3) is 11.3 Å². The third-order valence-corrected chi connectivity index (χ3v) is 4.83. The fourth-order valence-corrected chi connectivity index (χ4v) is 3.43. The normalized spacial score (nSPS) is 16.0. The van der Waals surface area contributed by atoms with Crippen LogP contribution in [0.1, 0.15) is 46.5 Å². The van der Waals surface area contributed by atoms with Gasteiger partial charge in [-0.3, -0.25) is 4.79 Å². The first kappa shape index (κ1) is 19.0. The van der Waals surface area contributed by atoms with Gasteiger partial charge in [-0.25, -0.2) is 14.8 Å². The molecule has 0 saturated carbocycles. The van der Waals surface area contributed by atoms with E-state index in [-0.39, 0.29) is 11.7 Å². The average Bonchev–Trinajstić information content (AvgIpc) is 3.22. The maximum absolute atomic E-state index is 12.8. The number of carbonyl (C=O) groups is 1. The Balaban J connectivity index is 1.58. The van der Waals surface area contributed by atoms with Crippen molar-refractivity contribution in [3.63, 3.8) is 0 Å². The molecular formula is C22H21N3O4. The SMILES string of the molecule is Cc1nccc(-c2cccc(NC(=O)c3c(C)cc(C4CCCO4)oc3=O)c2)n1. The number of rotatable bonds is 4. The summed E-state index contributed by atoms with van der Waals surface area (Å²) in [5, 5.41) is 2.78. The van der Waals surface area contributed by atoms with E-state index in [1.54, 1.807) is 37.4 Å². The molecule has 0 bridgehead atoms. The minimum Gasteiger partial charge on any atom is -0.424 e. The van der Waals surface area contributed by atoms with Crippen LogP contribution in [0.15, 0.2) is 51.8 Å². The van der Waals surface area contributed by atoms with E-state index in [9.17, 15) is 9.59 Å². The lowest BCUT2D eigenvalue weighted by molar-refractivity contribution is 0.0895. The molecule has 0 aliphatic carbocycles. The predicted molar refractivity (Wildman–Crippen MR) is 108 cm³/mol. The molecular weight excluding hydrogens is 370 g/mol. The molecule has 1 unspecified atom stereocenters. The molecule has 1 aromatic carbocycles. The van der Waals surface area contributed by atoms with Crippen molar-refractivity contribution < 1.29 is 13.9 Å². The first-order valence-corrected chi connectivity index (χ1v) is 9.49. The van der Waals surface area contributed by atoms with Gasteiger partial charge in [0.25, 0.3) is 5.91 Å². The molecule has 7 nitrogen and oxygen atoms in total. The van der Waals surface area contributed by atoms with Crippen molar-refractivity contribution in [2.24, 2.45) is 0 Å². The second-order valence-electron chi connectivity index (χ2n) is 7.02. The minimum atomic E-state index is -0.657. The number of hydrogen-bond donors (Lipinski definition) is 1. The number of amides is 1. The highest BCUT2D eigenvalue weighted by Crippen LogP contribution is 2.28. The van der Waals surface area contributed by atoms with Gasteiger partial charge in [0.2, 0.25) is 0 Å². The summed E-state index contributed by atoms with van der Waals surface area (Å²) >= 11 is 0. The summed E-state index contributed by atoms with van der Waals surface area (Å²) in [5.41, 5.74) is 2.05. The Labute approximate surface area is 167 Å². The predicted octanol–water partition coefficient (Wildman–Crippen LogP) is 3.82. The third kappa shape index (κ3) is 4.09. The molecule has 3 aromatic rings. The molecule has 1 atom stereocenters. The van der Waals surface area contributed by atoms with Gasteiger partial charge in [0.05, 0.1) is 5.69 Å². The van der Waals surface area contributed by atoms with Gasteiger partial charge >= 0.3 is 5.63 Å². The van der Waals surface area contributed by atoms with E-state index in [0.29, 0.717) is 29.4 Å². The number of nitrogens with zero attached hydrogens (tertiary/aromatic N) is 2. The van der Waals surface area contributed by atoms with Gasteiger partial charge in [-0.15, -0.1) is 0 Å². The Morgan fingerprint density at radius 2 is 2.07 bits per heavy atom. The Morgan fingerprint density at radius 1 is 1.21 bits per heavy atom. The summed E-state index contributed by atoms with van der Waals surface area (Å²) in [7, 11) is 0. The molecule has 148 valence electrons. The Hall–Kier alpha value is -3.32. The topological polar surface area (TPSA) is 94.3 Å². The highest BCUT2D eigenvalue weighted by Gasteiger charge is 2.24. The molecule has 1 fully saturated rings. The van der Waals surface area contributed by atoms with Crippen LogP contribution in [-0.4, -0.2) is 22.5 Å². The lowest BCUT2D eigenvalue weighted by atomic mass is 10.1. The highest BCUT2D eigenvalue weighted by atomic mass is 16.5. The lowest BCUT2D eigenvalue weighted by Gasteiger charge is -2.12. The molecule has 4 rings (SSSR count). The minimum absolute atomic E-state index is 0.00460. The molecule has 1 saturated heterocycles. The molecule has 0 spiro atoms. The van der Waals surface area contributed by atoms with Gasteiger partial charge in [-0.05, 0) is 56.5 Å². The zero-order chi connectivity index (χ0) is 20.4. The number of aromatic nitrogens is 2. The van der Waals surface area contributed by atoms with Crippen molar-refractivity contribution in [3.8, 4) is 11.3 Å². The zero-order valence-electron chi connectivity index (χ0n) is 16.3. The van der Waals surface area contributed by atoms with Gasteiger partial charge in [-0.1, -0.05) is 12.1 Å². The van der Waals surface area contributed by atoms with Crippen LogP contribution >= 0.6 is 0 Å².